The molecule has 0 spiro atoms. The highest BCUT2D eigenvalue weighted by atomic mass is 19.4. The van der Waals surface area contributed by atoms with Crippen LogP contribution in [-0.4, -0.2) is 30.8 Å². The SMILES string of the molecule is O=C1C(=Nc2cccc(C(F)(F)F)c2)c2ccccc2N1c1ccccc1OCCC1CCCN1. The highest BCUT2D eigenvalue weighted by Crippen LogP contribution is 2.41. The molecule has 2 heterocycles. The number of ether oxygens (including phenoxy) is 1. The van der Waals surface area contributed by atoms with E-state index in [0.717, 1.165) is 37.9 Å². The number of rotatable bonds is 6. The van der Waals surface area contributed by atoms with Gasteiger partial charge in [0.25, 0.3) is 5.91 Å². The molecule has 1 saturated heterocycles. The lowest BCUT2D eigenvalue weighted by molar-refractivity contribution is -0.137. The summed E-state index contributed by atoms with van der Waals surface area (Å²) in [6.07, 6.45) is -1.35. The summed E-state index contributed by atoms with van der Waals surface area (Å²) in [5.74, 6) is 0.145. The molecule has 5 rings (SSSR count). The van der Waals surface area contributed by atoms with E-state index in [-0.39, 0.29) is 11.4 Å². The Morgan fingerprint density at radius 3 is 2.54 bits per heavy atom. The van der Waals surface area contributed by atoms with E-state index in [9.17, 15) is 18.0 Å². The minimum absolute atomic E-state index is 0.0634. The highest BCUT2D eigenvalue weighted by Gasteiger charge is 2.36. The van der Waals surface area contributed by atoms with Crippen molar-refractivity contribution in [2.24, 2.45) is 4.99 Å². The zero-order valence-corrected chi connectivity index (χ0v) is 18.9. The summed E-state index contributed by atoms with van der Waals surface area (Å²) in [5, 5.41) is 3.44. The third-order valence-electron chi connectivity index (χ3n) is 6.21. The van der Waals surface area contributed by atoms with Gasteiger partial charge in [0.15, 0.2) is 0 Å². The predicted octanol–water partition coefficient (Wildman–Crippen LogP) is 6.03. The zero-order valence-electron chi connectivity index (χ0n) is 18.9. The van der Waals surface area contributed by atoms with Crippen LogP contribution in [0.4, 0.5) is 30.2 Å². The molecular formula is C27H24F3N3O2. The second-order valence-electron chi connectivity index (χ2n) is 8.56. The quantitative estimate of drug-likeness (QED) is 0.470. The molecule has 0 radical (unpaired) electrons. The molecule has 1 unspecified atom stereocenters. The van der Waals surface area contributed by atoms with E-state index in [1.165, 1.54) is 17.0 Å². The van der Waals surface area contributed by atoms with Gasteiger partial charge in [-0.15, -0.1) is 0 Å². The van der Waals surface area contributed by atoms with E-state index >= 15 is 0 Å². The van der Waals surface area contributed by atoms with Crippen LogP contribution in [-0.2, 0) is 11.0 Å². The number of anilines is 2. The molecule has 1 fully saturated rings. The van der Waals surface area contributed by atoms with Crippen LogP contribution in [0.25, 0.3) is 0 Å². The van der Waals surface area contributed by atoms with Crippen LogP contribution >= 0.6 is 0 Å². The third-order valence-corrected chi connectivity index (χ3v) is 6.21. The average Bonchev–Trinajstić information content (AvgIpc) is 3.46. The van der Waals surface area contributed by atoms with E-state index in [2.05, 4.69) is 10.3 Å². The molecule has 2 aliphatic rings. The summed E-state index contributed by atoms with van der Waals surface area (Å²) >= 11 is 0. The minimum Gasteiger partial charge on any atom is -0.491 e. The summed E-state index contributed by atoms with van der Waals surface area (Å²) in [4.78, 5) is 19.5. The first kappa shape index (κ1) is 23.1. The molecule has 3 aromatic carbocycles. The number of halogens is 3. The predicted molar refractivity (Wildman–Crippen MR) is 129 cm³/mol. The molecule has 2 aliphatic heterocycles. The van der Waals surface area contributed by atoms with Gasteiger partial charge in [0.2, 0.25) is 0 Å². The largest absolute Gasteiger partial charge is 0.491 e. The first-order valence-electron chi connectivity index (χ1n) is 11.6. The van der Waals surface area contributed by atoms with Gasteiger partial charge in [-0.05, 0) is 62.2 Å². The van der Waals surface area contributed by atoms with Gasteiger partial charge >= 0.3 is 6.18 Å². The van der Waals surface area contributed by atoms with Crippen LogP contribution in [0.15, 0.2) is 77.8 Å². The number of aliphatic imine (C=N–C) groups is 1. The molecule has 0 bridgehead atoms. The van der Waals surface area contributed by atoms with Gasteiger partial charge in [0.05, 0.1) is 29.2 Å². The van der Waals surface area contributed by atoms with Crippen molar-refractivity contribution in [2.75, 3.05) is 18.1 Å². The van der Waals surface area contributed by atoms with Crippen molar-refractivity contribution in [1.82, 2.24) is 5.32 Å². The number of benzene rings is 3. The summed E-state index contributed by atoms with van der Waals surface area (Å²) < 4.78 is 45.6. The van der Waals surface area contributed by atoms with Crippen molar-refractivity contribution < 1.29 is 22.7 Å². The Labute approximate surface area is 201 Å². The molecule has 0 saturated carbocycles. The summed E-state index contributed by atoms with van der Waals surface area (Å²) in [6.45, 7) is 1.53. The number of carbonyl (C=O) groups excluding carboxylic acids is 1. The molecule has 5 nitrogen and oxygen atoms in total. The van der Waals surface area contributed by atoms with Crippen LogP contribution < -0.4 is 15.0 Å². The van der Waals surface area contributed by atoms with E-state index in [0.29, 0.717) is 35.3 Å². The molecule has 8 heteroatoms. The monoisotopic (exact) mass is 479 g/mol. The fraction of sp³-hybridized carbons (Fsp3) is 0.259. The third kappa shape index (κ3) is 4.79. The van der Waals surface area contributed by atoms with Gasteiger partial charge in [0.1, 0.15) is 11.5 Å². The number of amides is 1. The maximum Gasteiger partial charge on any atom is 0.416 e. The molecule has 0 aromatic heterocycles. The standard InChI is InChI=1S/C27H24F3N3O2/c28-27(29,30)18-7-5-8-20(17-18)32-25-21-10-1-2-11-22(21)33(26(25)34)23-12-3-4-13-24(23)35-16-14-19-9-6-15-31-19/h1-5,7-8,10-13,17,19,31H,6,9,14-16H2. The Morgan fingerprint density at radius 2 is 1.77 bits per heavy atom. The van der Waals surface area contributed by atoms with E-state index in [4.69, 9.17) is 4.74 Å². The summed E-state index contributed by atoms with van der Waals surface area (Å²) in [5.41, 5.74) is 1.07. The highest BCUT2D eigenvalue weighted by molar-refractivity contribution is 6.56. The molecular weight excluding hydrogens is 455 g/mol. The lowest BCUT2D eigenvalue weighted by atomic mass is 10.1. The Morgan fingerprint density at radius 1 is 1.00 bits per heavy atom. The fourth-order valence-corrected chi connectivity index (χ4v) is 4.51. The minimum atomic E-state index is -4.50. The summed E-state index contributed by atoms with van der Waals surface area (Å²) in [7, 11) is 0. The van der Waals surface area contributed by atoms with E-state index in [1.807, 2.05) is 24.3 Å². The van der Waals surface area contributed by atoms with Crippen molar-refractivity contribution in [2.45, 2.75) is 31.5 Å². The van der Waals surface area contributed by atoms with Gasteiger partial charge in [-0.3, -0.25) is 9.69 Å². The van der Waals surface area contributed by atoms with Gasteiger partial charge in [-0.1, -0.05) is 36.4 Å². The van der Waals surface area contributed by atoms with Crippen molar-refractivity contribution >= 4 is 28.7 Å². The Hall–Kier alpha value is -3.65. The number of nitrogens with one attached hydrogen (secondary N) is 1. The lowest BCUT2D eigenvalue weighted by Crippen LogP contribution is -2.26. The number of fused-ring (bicyclic) bond motifs is 1. The van der Waals surface area contributed by atoms with Crippen LogP contribution in [0.3, 0.4) is 0 Å². The number of alkyl halides is 3. The number of nitrogens with zero attached hydrogens (tertiary/aromatic N) is 2. The molecule has 3 aromatic rings. The molecule has 1 amide bonds. The van der Waals surface area contributed by atoms with Gasteiger partial charge in [0, 0.05) is 11.6 Å². The fourth-order valence-electron chi connectivity index (χ4n) is 4.51. The zero-order chi connectivity index (χ0) is 24.4. The van der Waals surface area contributed by atoms with Gasteiger partial charge in [-0.2, -0.15) is 13.2 Å². The van der Waals surface area contributed by atoms with E-state index < -0.39 is 17.6 Å². The maximum atomic E-state index is 13.6. The first-order valence-corrected chi connectivity index (χ1v) is 11.6. The lowest BCUT2D eigenvalue weighted by Gasteiger charge is -2.21. The Bertz CT molecular complexity index is 1270. The van der Waals surface area contributed by atoms with E-state index in [1.54, 1.807) is 24.3 Å². The topological polar surface area (TPSA) is 53.9 Å². The van der Waals surface area contributed by atoms with Crippen molar-refractivity contribution in [3.05, 3.63) is 83.9 Å². The smallest absolute Gasteiger partial charge is 0.416 e. The average molecular weight is 480 g/mol. The number of hydrogen-bond donors (Lipinski definition) is 1. The second-order valence-corrected chi connectivity index (χ2v) is 8.56. The second kappa shape index (κ2) is 9.54. The van der Waals surface area contributed by atoms with Gasteiger partial charge in [-0.25, -0.2) is 4.99 Å². The van der Waals surface area contributed by atoms with Crippen LogP contribution in [0.5, 0.6) is 5.75 Å². The van der Waals surface area contributed by atoms with Gasteiger partial charge < -0.3 is 10.1 Å². The maximum absolute atomic E-state index is 13.6. The van der Waals surface area contributed by atoms with Crippen LogP contribution in [0.1, 0.15) is 30.4 Å². The molecule has 0 aliphatic carbocycles. The van der Waals surface area contributed by atoms with Crippen molar-refractivity contribution in [1.29, 1.82) is 0 Å². The van der Waals surface area contributed by atoms with Crippen LogP contribution in [0.2, 0.25) is 0 Å². The molecule has 1 atom stereocenters. The van der Waals surface area contributed by atoms with Crippen molar-refractivity contribution in [3.8, 4) is 5.75 Å². The number of carbonyl (C=O) groups is 1. The van der Waals surface area contributed by atoms with Crippen molar-refractivity contribution in [3.63, 3.8) is 0 Å². The normalized spacial score (nSPS) is 18.8. The van der Waals surface area contributed by atoms with Crippen LogP contribution in [0, 0.1) is 0 Å². The summed E-state index contributed by atoms with van der Waals surface area (Å²) in [6, 6.07) is 19.5. The molecule has 180 valence electrons. The number of para-hydroxylation sites is 3. The molecule has 1 N–H and O–H groups in total. The molecule has 35 heavy (non-hydrogen) atoms. The number of hydrogen-bond acceptors (Lipinski definition) is 4. The first-order chi connectivity index (χ1) is 16.9. The Balaban J connectivity index is 1.47. The Kier molecular flexibility index (Phi) is 6.30.